The average Bonchev–Trinajstić information content (AvgIpc) is 2.31. The second-order valence-corrected chi connectivity index (χ2v) is 4.01. The summed E-state index contributed by atoms with van der Waals surface area (Å²) >= 11 is 0. The Morgan fingerprint density at radius 3 is 2.50 bits per heavy atom. The quantitative estimate of drug-likeness (QED) is 0.479. The fraction of sp³-hybridized carbons (Fsp3) is 0.818. The summed E-state index contributed by atoms with van der Waals surface area (Å²) in [5, 5.41) is 20.3. The Morgan fingerprint density at radius 2 is 2.00 bits per heavy atom. The zero-order valence-corrected chi connectivity index (χ0v) is 10.9. The van der Waals surface area contributed by atoms with E-state index < -0.39 is 23.6 Å². The van der Waals surface area contributed by atoms with E-state index in [0.29, 0.717) is 13.2 Å². The van der Waals surface area contributed by atoms with E-state index >= 15 is 0 Å². The fourth-order valence-electron chi connectivity index (χ4n) is 0.982. The molecule has 0 aliphatic rings. The molecule has 0 saturated carbocycles. The third-order valence-electron chi connectivity index (χ3n) is 2.24. The molecule has 0 spiro atoms. The van der Waals surface area contributed by atoms with E-state index in [4.69, 9.17) is 14.6 Å². The number of carbonyl (C=O) groups excluding carboxylic acids is 1. The number of hydrogen-bond acceptors (Lipinski definition) is 5. The van der Waals surface area contributed by atoms with Gasteiger partial charge in [-0.15, -0.1) is 0 Å². The average molecular weight is 263 g/mol. The van der Waals surface area contributed by atoms with E-state index in [1.165, 1.54) is 6.92 Å². The van der Waals surface area contributed by atoms with Crippen LogP contribution in [0.3, 0.4) is 0 Å². The monoisotopic (exact) mass is 263 g/mol. The highest BCUT2D eigenvalue weighted by Crippen LogP contribution is 2.01. The van der Waals surface area contributed by atoms with Gasteiger partial charge in [0, 0.05) is 6.61 Å². The van der Waals surface area contributed by atoms with Gasteiger partial charge < -0.3 is 25.0 Å². The fourth-order valence-corrected chi connectivity index (χ4v) is 0.982. The van der Waals surface area contributed by atoms with Crippen molar-refractivity contribution in [1.29, 1.82) is 0 Å². The van der Waals surface area contributed by atoms with Gasteiger partial charge in [-0.1, -0.05) is 0 Å². The minimum atomic E-state index is -1.99. The topological polar surface area (TPSA) is 105 Å². The second-order valence-electron chi connectivity index (χ2n) is 4.01. The minimum absolute atomic E-state index is 0.276. The van der Waals surface area contributed by atoms with Crippen LogP contribution in [0.2, 0.25) is 0 Å². The van der Waals surface area contributed by atoms with Crippen LogP contribution in [0.5, 0.6) is 0 Å². The Kier molecular flexibility index (Phi) is 7.49. The van der Waals surface area contributed by atoms with Gasteiger partial charge >= 0.3 is 5.97 Å². The highest BCUT2D eigenvalue weighted by molar-refractivity contribution is 5.82. The molecule has 0 aromatic rings. The number of aliphatic hydroxyl groups is 1. The van der Waals surface area contributed by atoms with Gasteiger partial charge in [0.2, 0.25) is 5.91 Å². The van der Waals surface area contributed by atoms with Crippen LogP contribution in [0, 0.1) is 0 Å². The van der Waals surface area contributed by atoms with Crippen LogP contribution in [0.15, 0.2) is 0 Å². The number of ether oxygens (including phenoxy) is 2. The molecule has 0 aliphatic carbocycles. The van der Waals surface area contributed by atoms with Crippen molar-refractivity contribution in [2.24, 2.45) is 0 Å². The summed E-state index contributed by atoms with van der Waals surface area (Å²) in [6.45, 7) is 5.36. The van der Waals surface area contributed by atoms with Gasteiger partial charge in [0.05, 0.1) is 19.8 Å². The summed E-state index contributed by atoms with van der Waals surface area (Å²) in [6, 6.07) is 0. The third kappa shape index (κ3) is 6.53. The summed E-state index contributed by atoms with van der Waals surface area (Å²) in [6.07, 6.45) is -0.727. The minimum Gasteiger partial charge on any atom is -0.479 e. The normalized spacial score (nSPS) is 15.8. The molecule has 0 radical (unpaired) electrons. The smallest absolute Gasteiger partial charge is 0.337 e. The SMILES string of the molecule is CCOCCOC(C)C(=O)NCC(C)(O)C(=O)O. The lowest BCUT2D eigenvalue weighted by molar-refractivity contribution is -0.156. The molecular weight excluding hydrogens is 242 g/mol. The van der Waals surface area contributed by atoms with Gasteiger partial charge in [-0.2, -0.15) is 0 Å². The molecule has 0 rings (SSSR count). The molecule has 106 valence electrons. The van der Waals surface area contributed by atoms with Gasteiger partial charge in [-0.25, -0.2) is 4.79 Å². The van der Waals surface area contributed by atoms with Crippen molar-refractivity contribution in [3.8, 4) is 0 Å². The summed E-state index contributed by atoms with van der Waals surface area (Å²) in [7, 11) is 0. The molecule has 2 atom stereocenters. The lowest BCUT2D eigenvalue weighted by Crippen LogP contribution is -2.48. The van der Waals surface area contributed by atoms with Crippen LogP contribution in [-0.2, 0) is 19.1 Å². The van der Waals surface area contributed by atoms with E-state index in [1.807, 2.05) is 6.92 Å². The van der Waals surface area contributed by atoms with Crippen molar-refractivity contribution in [1.82, 2.24) is 5.32 Å². The molecule has 1 amide bonds. The Bertz CT molecular complexity index is 279. The molecule has 7 nitrogen and oxygen atoms in total. The van der Waals surface area contributed by atoms with E-state index in [1.54, 1.807) is 0 Å². The number of rotatable bonds is 9. The second kappa shape index (κ2) is 8.02. The van der Waals surface area contributed by atoms with Crippen molar-refractivity contribution >= 4 is 11.9 Å². The Labute approximate surface area is 106 Å². The van der Waals surface area contributed by atoms with Crippen LogP contribution in [-0.4, -0.2) is 60.2 Å². The molecule has 0 fully saturated rings. The first kappa shape index (κ1) is 16.8. The number of amides is 1. The zero-order chi connectivity index (χ0) is 14.2. The number of hydrogen-bond donors (Lipinski definition) is 3. The largest absolute Gasteiger partial charge is 0.479 e. The molecule has 0 bridgehead atoms. The van der Waals surface area contributed by atoms with Crippen molar-refractivity contribution in [2.45, 2.75) is 32.5 Å². The van der Waals surface area contributed by atoms with Gasteiger partial charge in [0.1, 0.15) is 6.10 Å². The predicted molar refractivity (Wildman–Crippen MR) is 63.2 cm³/mol. The Balaban J connectivity index is 3.91. The maximum Gasteiger partial charge on any atom is 0.337 e. The van der Waals surface area contributed by atoms with Crippen LogP contribution in [0.25, 0.3) is 0 Å². The molecule has 7 heteroatoms. The molecule has 0 aromatic carbocycles. The van der Waals surface area contributed by atoms with Crippen molar-refractivity contribution < 1.29 is 29.3 Å². The Hall–Kier alpha value is -1.18. The lowest BCUT2D eigenvalue weighted by Gasteiger charge is -2.20. The third-order valence-corrected chi connectivity index (χ3v) is 2.24. The summed E-state index contributed by atoms with van der Waals surface area (Å²) in [4.78, 5) is 22.1. The van der Waals surface area contributed by atoms with Crippen molar-refractivity contribution in [3.05, 3.63) is 0 Å². The maximum absolute atomic E-state index is 11.5. The van der Waals surface area contributed by atoms with E-state index in [2.05, 4.69) is 5.32 Å². The van der Waals surface area contributed by atoms with Gasteiger partial charge in [-0.3, -0.25) is 4.79 Å². The zero-order valence-electron chi connectivity index (χ0n) is 10.9. The van der Waals surface area contributed by atoms with Gasteiger partial charge in [0.15, 0.2) is 5.60 Å². The van der Waals surface area contributed by atoms with Crippen LogP contribution >= 0.6 is 0 Å². The summed E-state index contributed by atoms with van der Waals surface area (Å²) < 4.78 is 10.2. The molecule has 3 N–H and O–H groups in total. The summed E-state index contributed by atoms with van der Waals surface area (Å²) in [5.74, 6) is -1.87. The Morgan fingerprint density at radius 1 is 1.39 bits per heavy atom. The number of carboxylic acids is 1. The number of carboxylic acid groups (broad SMARTS) is 1. The van der Waals surface area contributed by atoms with E-state index in [0.717, 1.165) is 6.92 Å². The van der Waals surface area contributed by atoms with Crippen molar-refractivity contribution in [2.75, 3.05) is 26.4 Å². The first-order chi connectivity index (χ1) is 8.31. The van der Waals surface area contributed by atoms with E-state index in [-0.39, 0.29) is 13.2 Å². The predicted octanol–water partition coefficient (Wildman–Crippen LogP) is -0.620. The first-order valence-corrected chi connectivity index (χ1v) is 5.74. The molecule has 0 saturated heterocycles. The highest BCUT2D eigenvalue weighted by atomic mass is 16.5. The number of aliphatic carboxylic acids is 1. The number of nitrogens with one attached hydrogen (secondary N) is 1. The molecule has 0 heterocycles. The van der Waals surface area contributed by atoms with Crippen molar-refractivity contribution in [3.63, 3.8) is 0 Å². The van der Waals surface area contributed by atoms with Crippen LogP contribution < -0.4 is 5.32 Å². The molecule has 0 aromatic heterocycles. The maximum atomic E-state index is 11.5. The summed E-state index contributed by atoms with van der Waals surface area (Å²) in [5.41, 5.74) is -1.99. The molecular formula is C11H21NO6. The molecule has 18 heavy (non-hydrogen) atoms. The highest BCUT2D eigenvalue weighted by Gasteiger charge is 2.30. The van der Waals surface area contributed by atoms with Gasteiger partial charge in [0.25, 0.3) is 0 Å². The van der Waals surface area contributed by atoms with Crippen LogP contribution in [0.4, 0.5) is 0 Å². The number of carbonyl (C=O) groups is 2. The first-order valence-electron chi connectivity index (χ1n) is 5.74. The van der Waals surface area contributed by atoms with E-state index in [9.17, 15) is 14.7 Å². The molecule has 2 unspecified atom stereocenters. The standard InChI is InChI=1S/C11H21NO6/c1-4-17-5-6-18-8(2)9(13)12-7-11(3,16)10(14)15/h8,16H,4-7H2,1-3H3,(H,12,13)(H,14,15). The van der Waals surface area contributed by atoms with Crippen LogP contribution in [0.1, 0.15) is 20.8 Å². The lowest BCUT2D eigenvalue weighted by atomic mass is 10.1. The van der Waals surface area contributed by atoms with Gasteiger partial charge in [-0.05, 0) is 20.8 Å². The molecule has 0 aliphatic heterocycles.